The lowest BCUT2D eigenvalue weighted by Crippen LogP contribution is -2.44. The van der Waals surface area contributed by atoms with Crippen molar-refractivity contribution in [3.63, 3.8) is 0 Å². The molecule has 3 rings (SSSR count). The molecule has 6 nitrogen and oxygen atoms in total. The van der Waals surface area contributed by atoms with Gasteiger partial charge >= 0.3 is 0 Å². The normalized spacial score (nSPS) is 15.8. The number of benzene rings is 1. The van der Waals surface area contributed by atoms with Crippen molar-refractivity contribution in [1.82, 2.24) is 15.5 Å². The zero-order valence-corrected chi connectivity index (χ0v) is 17.7. The van der Waals surface area contributed by atoms with Gasteiger partial charge in [-0.1, -0.05) is 48.8 Å². The van der Waals surface area contributed by atoms with Gasteiger partial charge in [0.1, 0.15) is 11.0 Å². The molecule has 0 saturated heterocycles. The van der Waals surface area contributed by atoms with Gasteiger partial charge in [-0.3, -0.25) is 14.9 Å². The van der Waals surface area contributed by atoms with Gasteiger partial charge in [0.15, 0.2) is 0 Å². The lowest BCUT2D eigenvalue weighted by Gasteiger charge is -2.18. The minimum atomic E-state index is -0.609. The van der Waals surface area contributed by atoms with Crippen molar-refractivity contribution in [2.45, 2.75) is 50.5 Å². The molecule has 2 amide bonds. The van der Waals surface area contributed by atoms with E-state index >= 15 is 0 Å². The van der Waals surface area contributed by atoms with E-state index in [4.69, 9.17) is 0 Å². The van der Waals surface area contributed by atoms with E-state index in [0.29, 0.717) is 23.0 Å². The predicted octanol–water partition coefficient (Wildman–Crippen LogP) is 4.08. The SMILES string of the molecule is CSCCC(NC(=O)c1ccccc1)C(=O)Nc1nnc(C2CCCCC2)s1. The van der Waals surface area contributed by atoms with Gasteiger partial charge in [0.25, 0.3) is 5.91 Å². The zero-order chi connectivity index (χ0) is 19.8. The second-order valence-electron chi connectivity index (χ2n) is 6.94. The van der Waals surface area contributed by atoms with Crippen LogP contribution in [0.5, 0.6) is 0 Å². The molecule has 8 heteroatoms. The van der Waals surface area contributed by atoms with Crippen LogP contribution in [0.2, 0.25) is 0 Å². The summed E-state index contributed by atoms with van der Waals surface area (Å²) in [6.45, 7) is 0. The Morgan fingerprint density at radius 3 is 2.64 bits per heavy atom. The predicted molar refractivity (Wildman–Crippen MR) is 115 cm³/mol. The van der Waals surface area contributed by atoms with Gasteiger partial charge in [0.05, 0.1) is 0 Å². The highest BCUT2D eigenvalue weighted by Crippen LogP contribution is 2.35. The highest BCUT2D eigenvalue weighted by molar-refractivity contribution is 7.98. The second kappa shape index (κ2) is 10.6. The summed E-state index contributed by atoms with van der Waals surface area (Å²) in [5.74, 6) is 0.741. The summed E-state index contributed by atoms with van der Waals surface area (Å²) in [7, 11) is 0. The van der Waals surface area contributed by atoms with Gasteiger partial charge in [0, 0.05) is 11.5 Å². The number of nitrogens with one attached hydrogen (secondary N) is 2. The summed E-state index contributed by atoms with van der Waals surface area (Å²) >= 11 is 3.09. The Morgan fingerprint density at radius 1 is 1.18 bits per heavy atom. The van der Waals surface area contributed by atoms with Crippen LogP contribution in [0.1, 0.15) is 59.8 Å². The van der Waals surface area contributed by atoms with Gasteiger partial charge in [-0.15, -0.1) is 10.2 Å². The maximum atomic E-state index is 12.8. The summed E-state index contributed by atoms with van der Waals surface area (Å²) in [6, 6.07) is 8.33. The molecule has 1 unspecified atom stereocenters. The van der Waals surface area contributed by atoms with E-state index in [2.05, 4.69) is 20.8 Å². The monoisotopic (exact) mass is 418 g/mol. The number of carbonyl (C=O) groups is 2. The lowest BCUT2D eigenvalue weighted by molar-refractivity contribution is -0.118. The summed E-state index contributed by atoms with van der Waals surface area (Å²) in [5, 5.41) is 15.6. The van der Waals surface area contributed by atoms with Crippen molar-refractivity contribution < 1.29 is 9.59 Å². The quantitative estimate of drug-likeness (QED) is 0.675. The van der Waals surface area contributed by atoms with Crippen molar-refractivity contribution in [3.05, 3.63) is 40.9 Å². The molecule has 0 bridgehead atoms. The molecule has 1 aromatic carbocycles. The Morgan fingerprint density at radius 2 is 1.93 bits per heavy atom. The average molecular weight is 419 g/mol. The molecular weight excluding hydrogens is 392 g/mol. The molecule has 150 valence electrons. The van der Waals surface area contributed by atoms with Crippen LogP contribution in [0.4, 0.5) is 5.13 Å². The fourth-order valence-electron chi connectivity index (χ4n) is 3.33. The van der Waals surface area contributed by atoms with E-state index < -0.39 is 6.04 Å². The van der Waals surface area contributed by atoms with Crippen LogP contribution in [0.3, 0.4) is 0 Å². The van der Waals surface area contributed by atoms with Gasteiger partial charge < -0.3 is 5.32 Å². The first-order chi connectivity index (χ1) is 13.7. The molecule has 1 aromatic heterocycles. The Kier molecular flexibility index (Phi) is 7.85. The van der Waals surface area contributed by atoms with E-state index in [9.17, 15) is 9.59 Å². The van der Waals surface area contributed by atoms with E-state index in [0.717, 1.165) is 23.6 Å². The number of amides is 2. The number of thioether (sulfide) groups is 1. The molecule has 1 fully saturated rings. The highest BCUT2D eigenvalue weighted by atomic mass is 32.2. The first-order valence-electron chi connectivity index (χ1n) is 9.66. The standard InChI is InChI=1S/C20H26N4O2S2/c1-27-13-12-16(21-17(25)14-8-4-2-5-9-14)18(26)22-20-24-23-19(28-20)15-10-6-3-7-11-15/h2,4-5,8-9,15-16H,3,6-7,10-13H2,1H3,(H,21,25)(H,22,24,26). The first kappa shape index (κ1) is 20.8. The molecule has 1 saturated carbocycles. The molecule has 0 aliphatic heterocycles. The fourth-order valence-corrected chi connectivity index (χ4v) is 4.71. The van der Waals surface area contributed by atoms with Gasteiger partial charge in [0.2, 0.25) is 11.0 Å². The van der Waals surface area contributed by atoms with Crippen molar-refractivity contribution in [2.75, 3.05) is 17.3 Å². The smallest absolute Gasteiger partial charge is 0.251 e. The van der Waals surface area contributed by atoms with E-state index in [-0.39, 0.29) is 11.8 Å². The topological polar surface area (TPSA) is 84.0 Å². The summed E-state index contributed by atoms with van der Waals surface area (Å²) in [6.07, 6.45) is 8.58. The number of rotatable bonds is 8. The number of carbonyl (C=O) groups excluding carboxylic acids is 2. The van der Waals surface area contributed by atoms with Crippen LogP contribution < -0.4 is 10.6 Å². The van der Waals surface area contributed by atoms with Crippen LogP contribution in [-0.2, 0) is 4.79 Å². The van der Waals surface area contributed by atoms with Crippen LogP contribution in [0, 0.1) is 0 Å². The summed E-state index contributed by atoms with van der Waals surface area (Å²) in [4.78, 5) is 25.2. The Bertz CT molecular complexity index is 776. The fraction of sp³-hybridized carbons (Fsp3) is 0.500. The molecule has 2 aromatic rings. The number of nitrogens with zero attached hydrogens (tertiary/aromatic N) is 2. The van der Waals surface area contributed by atoms with E-state index in [1.54, 1.807) is 36.0 Å². The van der Waals surface area contributed by atoms with Crippen molar-refractivity contribution in [3.8, 4) is 0 Å². The Hall–Kier alpha value is -1.93. The summed E-state index contributed by atoms with van der Waals surface area (Å²) in [5.41, 5.74) is 0.542. The molecular formula is C20H26N4O2S2. The van der Waals surface area contributed by atoms with Gasteiger partial charge in [-0.05, 0) is 43.4 Å². The number of anilines is 1. The van der Waals surface area contributed by atoms with Gasteiger partial charge in [-0.2, -0.15) is 11.8 Å². The second-order valence-corrected chi connectivity index (χ2v) is 8.94. The molecule has 2 N–H and O–H groups in total. The number of hydrogen-bond donors (Lipinski definition) is 2. The van der Waals surface area contributed by atoms with Gasteiger partial charge in [-0.25, -0.2) is 0 Å². The molecule has 0 radical (unpaired) electrons. The van der Waals surface area contributed by atoms with Crippen LogP contribution in [0.15, 0.2) is 30.3 Å². The molecule has 0 spiro atoms. The molecule has 1 aliphatic rings. The largest absolute Gasteiger partial charge is 0.340 e. The Labute approximate surface area is 173 Å². The lowest BCUT2D eigenvalue weighted by atomic mass is 9.90. The molecule has 28 heavy (non-hydrogen) atoms. The number of aromatic nitrogens is 2. The first-order valence-corrected chi connectivity index (χ1v) is 11.9. The highest BCUT2D eigenvalue weighted by Gasteiger charge is 2.24. The van der Waals surface area contributed by atoms with Crippen LogP contribution in [-0.4, -0.2) is 40.1 Å². The van der Waals surface area contributed by atoms with E-state index in [1.807, 2.05) is 12.3 Å². The molecule has 1 aliphatic carbocycles. The third-order valence-corrected chi connectivity index (χ3v) is 6.54. The van der Waals surface area contributed by atoms with Crippen molar-refractivity contribution >= 4 is 40.0 Å². The van der Waals surface area contributed by atoms with E-state index in [1.165, 1.54) is 30.6 Å². The maximum Gasteiger partial charge on any atom is 0.251 e. The minimum absolute atomic E-state index is 0.246. The van der Waals surface area contributed by atoms with Crippen molar-refractivity contribution in [2.24, 2.45) is 0 Å². The molecule has 1 atom stereocenters. The minimum Gasteiger partial charge on any atom is -0.340 e. The third-order valence-electron chi connectivity index (χ3n) is 4.89. The molecule has 1 heterocycles. The Balaban J connectivity index is 1.62. The number of hydrogen-bond acceptors (Lipinski definition) is 6. The average Bonchev–Trinajstić information content (AvgIpc) is 3.20. The third kappa shape index (κ3) is 5.78. The zero-order valence-electron chi connectivity index (χ0n) is 16.0. The van der Waals surface area contributed by atoms with Crippen molar-refractivity contribution in [1.29, 1.82) is 0 Å². The summed E-state index contributed by atoms with van der Waals surface area (Å²) < 4.78 is 0. The maximum absolute atomic E-state index is 12.8. The van der Waals surface area contributed by atoms with Crippen LogP contribution in [0.25, 0.3) is 0 Å². The van der Waals surface area contributed by atoms with Crippen LogP contribution >= 0.6 is 23.1 Å².